The molecule has 2 aromatic rings. The molecule has 18 heavy (non-hydrogen) atoms. The normalized spacial score (nSPS) is 11.2. The quantitative estimate of drug-likeness (QED) is 0.891. The van der Waals surface area contributed by atoms with E-state index in [0.29, 0.717) is 6.54 Å². The van der Waals surface area contributed by atoms with E-state index in [1.165, 1.54) is 16.8 Å². The Morgan fingerprint density at radius 2 is 2.11 bits per heavy atom. The molecule has 0 aliphatic heterocycles. The Hall–Kier alpha value is -1.84. The number of halogens is 1. The minimum Gasteiger partial charge on any atom is -0.299 e. The van der Waals surface area contributed by atoms with Crippen molar-refractivity contribution in [2.75, 3.05) is 0 Å². The Morgan fingerprint density at radius 3 is 2.67 bits per heavy atom. The number of nitrogens with one attached hydrogen (secondary N) is 1. The molecule has 0 bridgehead atoms. The molecule has 96 valence electrons. The third kappa shape index (κ3) is 2.37. The third-order valence-corrected chi connectivity index (χ3v) is 2.99. The highest BCUT2D eigenvalue weighted by Crippen LogP contribution is 2.13. The predicted molar refractivity (Wildman–Crippen MR) is 69.4 cm³/mol. The van der Waals surface area contributed by atoms with Gasteiger partial charge in [-0.1, -0.05) is 26.0 Å². The molecular formula is C14H17FN2O. The summed E-state index contributed by atoms with van der Waals surface area (Å²) in [5.41, 5.74) is 2.43. The molecule has 0 spiro atoms. The average molecular weight is 248 g/mol. The van der Waals surface area contributed by atoms with Gasteiger partial charge in [0.15, 0.2) is 0 Å². The Labute approximate surface area is 105 Å². The Morgan fingerprint density at radius 1 is 1.39 bits per heavy atom. The van der Waals surface area contributed by atoms with Crippen LogP contribution in [0.15, 0.2) is 29.1 Å². The number of rotatable bonds is 3. The predicted octanol–water partition coefficient (Wildman–Crippen LogP) is 2.80. The summed E-state index contributed by atoms with van der Waals surface area (Å²) in [6, 6.07) is 6.29. The first-order chi connectivity index (χ1) is 8.49. The molecule has 0 unspecified atom stereocenters. The fourth-order valence-electron chi connectivity index (χ4n) is 2.23. The fourth-order valence-corrected chi connectivity index (χ4v) is 2.23. The van der Waals surface area contributed by atoms with Crippen molar-refractivity contribution in [2.45, 2.75) is 33.2 Å². The first kappa shape index (κ1) is 12.6. The van der Waals surface area contributed by atoms with Gasteiger partial charge in [-0.3, -0.25) is 9.89 Å². The largest absolute Gasteiger partial charge is 0.299 e. The smallest absolute Gasteiger partial charge is 0.270 e. The van der Waals surface area contributed by atoms with Crippen LogP contribution in [0.3, 0.4) is 0 Å². The van der Waals surface area contributed by atoms with Gasteiger partial charge in [0, 0.05) is 11.3 Å². The third-order valence-electron chi connectivity index (χ3n) is 2.99. The van der Waals surface area contributed by atoms with Crippen LogP contribution in [0.25, 0.3) is 0 Å². The van der Waals surface area contributed by atoms with Crippen LogP contribution in [0.2, 0.25) is 0 Å². The van der Waals surface area contributed by atoms with Gasteiger partial charge >= 0.3 is 0 Å². The van der Waals surface area contributed by atoms with Crippen molar-refractivity contribution < 1.29 is 4.39 Å². The van der Waals surface area contributed by atoms with Gasteiger partial charge in [0.25, 0.3) is 5.56 Å². The first-order valence-electron chi connectivity index (χ1n) is 6.02. The maximum atomic E-state index is 13.1. The molecule has 2 rings (SSSR count). The highest BCUT2D eigenvalue weighted by molar-refractivity contribution is 5.21. The highest BCUT2D eigenvalue weighted by atomic mass is 19.1. The summed E-state index contributed by atoms with van der Waals surface area (Å²) in [5.74, 6) is -0.101. The van der Waals surface area contributed by atoms with Crippen molar-refractivity contribution in [3.05, 3.63) is 57.3 Å². The minimum absolute atomic E-state index is 0.0215. The minimum atomic E-state index is -0.284. The number of hydrogen-bond acceptors (Lipinski definition) is 1. The number of hydrogen-bond donors (Lipinski definition) is 1. The summed E-state index contributed by atoms with van der Waals surface area (Å²) < 4.78 is 14.6. The molecule has 1 N–H and O–H groups in total. The molecule has 0 atom stereocenters. The van der Waals surface area contributed by atoms with Crippen molar-refractivity contribution in [3.8, 4) is 0 Å². The number of aromatic nitrogens is 2. The van der Waals surface area contributed by atoms with E-state index >= 15 is 0 Å². The van der Waals surface area contributed by atoms with Crippen LogP contribution in [0.5, 0.6) is 0 Å². The molecule has 1 aromatic heterocycles. The van der Waals surface area contributed by atoms with E-state index in [-0.39, 0.29) is 17.3 Å². The summed E-state index contributed by atoms with van der Waals surface area (Å²) in [4.78, 5) is 12.2. The van der Waals surface area contributed by atoms with Crippen molar-refractivity contribution in [1.82, 2.24) is 9.78 Å². The van der Waals surface area contributed by atoms with Gasteiger partial charge in [-0.2, -0.15) is 0 Å². The van der Waals surface area contributed by atoms with E-state index in [4.69, 9.17) is 0 Å². The monoisotopic (exact) mass is 248 g/mol. The van der Waals surface area contributed by atoms with E-state index in [2.05, 4.69) is 5.10 Å². The summed E-state index contributed by atoms with van der Waals surface area (Å²) in [7, 11) is 0. The lowest BCUT2D eigenvalue weighted by Gasteiger charge is -2.02. The average Bonchev–Trinajstić information content (AvgIpc) is 2.54. The Balaban J connectivity index is 2.36. The van der Waals surface area contributed by atoms with Gasteiger partial charge in [0.1, 0.15) is 5.82 Å². The van der Waals surface area contributed by atoms with Crippen molar-refractivity contribution in [1.29, 1.82) is 0 Å². The summed E-state index contributed by atoms with van der Waals surface area (Å²) in [5, 5.41) is 3.04. The van der Waals surface area contributed by atoms with Crippen molar-refractivity contribution >= 4 is 0 Å². The number of benzene rings is 1. The number of H-pyrrole nitrogens is 1. The number of nitrogens with zero attached hydrogens (tertiary/aromatic N) is 1. The topological polar surface area (TPSA) is 37.8 Å². The zero-order valence-electron chi connectivity index (χ0n) is 10.8. The molecule has 0 radical (unpaired) electrons. The molecular weight excluding hydrogens is 231 g/mol. The van der Waals surface area contributed by atoms with Crippen LogP contribution < -0.4 is 5.56 Å². The Bertz CT molecular complexity index is 610. The zero-order chi connectivity index (χ0) is 13.3. The lowest BCUT2D eigenvalue weighted by Crippen LogP contribution is -2.20. The second-order valence-corrected chi connectivity index (χ2v) is 4.83. The van der Waals surface area contributed by atoms with Crippen molar-refractivity contribution in [2.24, 2.45) is 0 Å². The van der Waals surface area contributed by atoms with Crippen LogP contribution in [0, 0.1) is 12.7 Å². The molecule has 0 saturated heterocycles. The molecule has 1 aromatic carbocycles. The van der Waals surface area contributed by atoms with E-state index in [1.807, 2.05) is 20.8 Å². The highest BCUT2D eigenvalue weighted by Gasteiger charge is 2.14. The van der Waals surface area contributed by atoms with Crippen LogP contribution in [0.4, 0.5) is 4.39 Å². The standard InChI is InChI=1S/C14H17FN2O/c1-9(2)13-10(3)16-17(14(13)18)8-11-5-4-6-12(15)7-11/h4-7,9,16H,8H2,1-3H3. The van der Waals surface area contributed by atoms with Crippen LogP contribution in [-0.2, 0) is 6.54 Å². The molecule has 3 nitrogen and oxygen atoms in total. The maximum Gasteiger partial charge on any atom is 0.270 e. The van der Waals surface area contributed by atoms with Gasteiger partial charge in [-0.05, 0) is 30.5 Å². The molecule has 0 aliphatic rings. The van der Waals surface area contributed by atoms with E-state index in [9.17, 15) is 9.18 Å². The Kier molecular flexibility index (Phi) is 3.36. The van der Waals surface area contributed by atoms with Crippen LogP contribution in [0.1, 0.15) is 36.6 Å². The van der Waals surface area contributed by atoms with Gasteiger partial charge in [-0.15, -0.1) is 0 Å². The van der Waals surface area contributed by atoms with Crippen LogP contribution >= 0.6 is 0 Å². The molecule has 4 heteroatoms. The summed E-state index contributed by atoms with van der Waals surface area (Å²) >= 11 is 0. The maximum absolute atomic E-state index is 13.1. The number of aryl methyl sites for hydroxylation is 1. The van der Waals surface area contributed by atoms with E-state index in [1.54, 1.807) is 12.1 Å². The summed E-state index contributed by atoms with van der Waals surface area (Å²) in [6.07, 6.45) is 0. The van der Waals surface area contributed by atoms with Crippen LogP contribution in [-0.4, -0.2) is 9.78 Å². The lowest BCUT2D eigenvalue weighted by atomic mass is 10.1. The fraction of sp³-hybridized carbons (Fsp3) is 0.357. The van der Waals surface area contributed by atoms with Gasteiger partial charge < -0.3 is 0 Å². The molecule has 0 saturated carbocycles. The van der Waals surface area contributed by atoms with E-state index in [0.717, 1.165) is 16.8 Å². The molecule has 0 aliphatic carbocycles. The molecule has 0 fully saturated rings. The van der Waals surface area contributed by atoms with Gasteiger partial charge in [0.05, 0.1) is 6.54 Å². The second-order valence-electron chi connectivity index (χ2n) is 4.83. The molecule has 0 amide bonds. The SMILES string of the molecule is Cc1[nH]n(Cc2cccc(F)c2)c(=O)c1C(C)C. The zero-order valence-corrected chi connectivity index (χ0v) is 10.8. The second kappa shape index (κ2) is 4.80. The number of aromatic amines is 1. The van der Waals surface area contributed by atoms with Gasteiger partial charge in [0.2, 0.25) is 0 Å². The van der Waals surface area contributed by atoms with E-state index < -0.39 is 0 Å². The summed E-state index contributed by atoms with van der Waals surface area (Å²) in [6.45, 7) is 6.23. The lowest BCUT2D eigenvalue weighted by molar-refractivity contribution is 0.615. The van der Waals surface area contributed by atoms with Crippen molar-refractivity contribution in [3.63, 3.8) is 0 Å². The van der Waals surface area contributed by atoms with Gasteiger partial charge in [-0.25, -0.2) is 9.07 Å². The first-order valence-corrected chi connectivity index (χ1v) is 6.02. The molecule has 1 heterocycles.